The predicted octanol–water partition coefficient (Wildman–Crippen LogP) is 1.92. The Bertz CT molecular complexity index is 1010. The first-order valence-electron chi connectivity index (χ1n) is 10.7. The van der Waals surface area contributed by atoms with Gasteiger partial charge in [0, 0.05) is 12.2 Å². The Morgan fingerprint density at radius 1 is 1.32 bits per heavy atom. The molecule has 2 aromatic rings. The van der Waals surface area contributed by atoms with E-state index in [1.165, 1.54) is 15.8 Å². The molecule has 0 saturated carbocycles. The predicted molar refractivity (Wildman–Crippen MR) is 116 cm³/mol. The summed E-state index contributed by atoms with van der Waals surface area (Å²) in [5.74, 6) is 0. The Labute approximate surface area is 181 Å². The Hall–Kier alpha value is -2.52. The number of piperidine rings is 1. The van der Waals surface area contributed by atoms with E-state index in [0.29, 0.717) is 24.9 Å². The number of aryl methyl sites for hydroxylation is 2. The maximum absolute atomic E-state index is 12.9. The quantitative estimate of drug-likeness (QED) is 0.758. The zero-order valence-corrected chi connectivity index (χ0v) is 18.8. The molecule has 170 valence electrons. The van der Waals surface area contributed by atoms with Crippen molar-refractivity contribution in [2.45, 2.75) is 84.3 Å². The first kappa shape index (κ1) is 23.1. The van der Waals surface area contributed by atoms with Gasteiger partial charge < -0.3 is 19.8 Å². The highest BCUT2D eigenvalue weighted by molar-refractivity contribution is 5.76. The van der Waals surface area contributed by atoms with Gasteiger partial charge in [-0.25, -0.2) is 14.8 Å². The van der Waals surface area contributed by atoms with Gasteiger partial charge in [0.1, 0.15) is 5.60 Å². The molecule has 1 saturated heterocycles. The number of amides is 1. The summed E-state index contributed by atoms with van der Waals surface area (Å²) in [6, 6.07) is 1.27. The highest BCUT2D eigenvalue weighted by Crippen LogP contribution is 2.24. The second kappa shape index (κ2) is 8.92. The molecule has 1 aliphatic rings. The van der Waals surface area contributed by atoms with E-state index in [1.807, 2.05) is 19.9 Å². The number of rotatable bonds is 4. The van der Waals surface area contributed by atoms with Crippen molar-refractivity contribution in [1.82, 2.24) is 19.4 Å². The summed E-state index contributed by atoms with van der Waals surface area (Å²) in [5, 5.41) is 21.2. The Morgan fingerprint density at radius 3 is 2.71 bits per heavy atom. The summed E-state index contributed by atoms with van der Waals surface area (Å²) < 4.78 is 6.79. The lowest BCUT2D eigenvalue weighted by Crippen LogP contribution is -2.53. The average molecular weight is 433 g/mol. The normalized spacial score (nSPS) is 20.7. The largest absolute Gasteiger partial charge is 0.444 e. The molecule has 0 radical (unpaired) electrons. The molecule has 1 aliphatic heterocycles. The Kier molecular flexibility index (Phi) is 6.66. The summed E-state index contributed by atoms with van der Waals surface area (Å²) in [4.78, 5) is 35.6. The maximum atomic E-state index is 12.9. The lowest BCUT2D eigenvalue weighted by Gasteiger charge is -2.40. The molecular weight excluding hydrogens is 400 g/mol. The van der Waals surface area contributed by atoms with E-state index in [-0.39, 0.29) is 24.0 Å². The summed E-state index contributed by atoms with van der Waals surface area (Å²) >= 11 is 0. The van der Waals surface area contributed by atoms with Crippen molar-refractivity contribution < 1.29 is 19.7 Å². The van der Waals surface area contributed by atoms with Crippen LogP contribution in [-0.2, 0) is 11.3 Å². The van der Waals surface area contributed by atoms with E-state index in [1.54, 1.807) is 20.8 Å². The molecule has 9 nitrogen and oxygen atoms in total. The second-order valence-corrected chi connectivity index (χ2v) is 9.32. The van der Waals surface area contributed by atoms with E-state index < -0.39 is 29.9 Å². The van der Waals surface area contributed by atoms with Gasteiger partial charge in [-0.2, -0.15) is 0 Å². The molecule has 1 fully saturated rings. The smallest absolute Gasteiger partial charge is 0.410 e. The van der Waals surface area contributed by atoms with Crippen molar-refractivity contribution in [3.05, 3.63) is 34.0 Å². The number of nitrogens with zero attached hydrogens (tertiary/aromatic N) is 4. The van der Waals surface area contributed by atoms with E-state index in [9.17, 15) is 19.8 Å². The first-order valence-corrected chi connectivity index (χ1v) is 10.7. The first-order chi connectivity index (χ1) is 14.5. The van der Waals surface area contributed by atoms with Crippen LogP contribution in [0.2, 0.25) is 0 Å². The van der Waals surface area contributed by atoms with E-state index in [4.69, 9.17) is 4.74 Å². The highest BCUT2D eigenvalue weighted by atomic mass is 16.6. The number of ether oxygens (including phenoxy) is 1. The van der Waals surface area contributed by atoms with Crippen molar-refractivity contribution in [2.24, 2.45) is 0 Å². The minimum Gasteiger partial charge on any atom is -0.444 e. The van der Waals surface area contributed by atoms with Crippen LogP contribution in [0.3, 0.4) is 0 Å². The Balaban J connectivity index is 1.78. The zero-order chi connectivity index (χ0) is 22.9. The number of aliphatic hydroxyl groups is 2. The van der Waals surface area contributed by atoms with Crippen LogP contribution < -0.4 is 5.56 Å². The van der Waals surface area contributed by atoms with Crippen molar-refractivity contribution in [1.29, 1.82) is 0 Å². The topological polar surface area (TPSA) is 118 Å². The molecule has 1 amide bonds. The molecule has 31 heavy (non-hydrogen) atoms. The third kappa shape index (κ3) is 5.40. The minimum atomic E-state index is -0.967. The number of carbonyl (C=O) groups excluding carboxylic acids is 1. The van der Waals surface area contributed by atoms with Crippen molar-refractivity contribution in [3.63, 3.8) is 0 Å². The second-order valence-electron chi connectivity index (χ2n) is 9.32. The number of aromatic nitrogens is 3. The molecule has 0 bridgehead atoms. The monoisotopic (exact) mass is 432 g/mol. The highest BCUT2D eigenvalue weighted by Gasteiger charge is 2.37. The van der Waals surface area contributed by atoms with Gasteiger partial charge in [-0.3, -0.25) is 9.36 Å². The summed E-state index contributed by atoms with van der Waals surface area (Å²) in [6.45, 7) is 9.47. The molecule has 3 rings (SSSR count). The average Bonchev–Trinajstić information content (AvgIpc) is 2.64. The number of fused-ring (bicyclic) bond motifs is 1. The van der Waals surface area contributed by atoms with Crippen LogP contribution in [0.15, 0.2) is 17.2 Å². The number of hydrogen-bond acceptors (Lipinski definition) is 7. The van der Waals surface area contributed by atoms with Crippen LogP contribution in [0.4, 0.5) is 4.79 Å². The van der Waals surface area contributed by atoms with Crippen LogP contribution in [-0.4, -0.2) is 66.1 Å². The standard InChI is InChI=1S/C22H32N4O5/c1-13-9-14(2)24-19-18(13)23-12-25(20(19)29)11-15(27)10-16-17(28)7-6-8-26(16)21(30)31-22(3,4)5/h9,12,15-17,27-28H,6-8,10-11H2,1-5H3/t15-,16-,17+/m1/s1. The van der Waals surface area contributed by atoms with Gasteiger partial charge in [-0.15, -0.1) is 0 Å². The SMILES string of the molecule is Cc1cc(C)c2ncn(C[C@H](O)C[C@@H]3[C@@H](O)CCCN3C(=O)OC(C)(C)C)c(=O)c2n1. The molecular formula is C22H32N4O5. The van der Waals surface area contributed by atoms with Crippen LogP contribution in [0.5, 0.6) is 0 Å². The lowest BCUT2D eigenvalue weighted by atomic mass is 9.94. The number of hydrogen-bond donors (Lipinski definition) is 2. The minimum absolute atomic E-state index is 0.0121. The van der Waals surface area contributed by atoms with E-state index in [2.05, 4.69) is 9.97 Å². The summed E-state index contributed by atoms with van der Waals surface area (Å²) in [6.07, 6.45) is 0.469. The summed E-state index contributed by atoms with van der Waals surface area (Å²) in [7, 11) is 0. The van der Waals surface area contributed by atoms with Crippen LogP contribution >= 0.6 is 0 Å². The van der Waals surface area contributed by atoms with Crippen LogP contribution in [0.25, 0.3) is 11.0 Å². The van der Waals surface area contributed by atoms with E-state index in [0.717, 1.165) is 11.3 Å². The molecule has 3 atom stereocenters. The van der Waals surface area contributed by atoms with E-state index >= 15 is 0 Å². The number of likely N-dealkylation sites (tertiary alicyclic amines) is 1. The maximum Gasteiger partial charge on any atom is 0.410 e. The molecule has 0 spiro atoms. The van der Waals surface area contributed by atoms with Crippen LogP contribution in [0.1, 0.15) is 51.3 Å². The molecule has 3 heterocycles. The molecule has 0 aliphatic carbocycles. The van der Waals surface area contributed by atoms with Gasteiger partial charge in [-0.05, 0) is 65.5 Å². The number of pyridine rings is 1. The fourth-order valence-electron chi connectivity index (χ4n) is 4.04. The molecule has 0 unspecified atom stereocenters. The molecule has 2 aromatic heterocycles. The molecule has 2 N–H and O–H groups in total. The summed E-state index contributed by atoms with van der Waals surface area (Å²) in [5.41, 5.74) is 1.41. The number of aliphatic hydroxyl groups excluding tert-OH is 2. The van der Waals surface area contributed by atoms with Crippen LogP contribution in [0, 0.1) is 13.8 Å². The fraction of sp³-hybridized carbons (Fsp3) is 0.636. The molecule has 9 heteroatoms. The van der Waals surface area contributed by atoms with Gasteiger partial charge in [0.05, 0.1) is 36.6 Å². The van der Waals surface area contributed by atoms with Gasteiger partial charge in [0.25, 0.3) is 5.56 Å². The number of carbonyl (C=O) groups is 1. The Morgan fingerprint density at radius 2 is 2.03 bits per heavy atom. The van der Waals surface area contributed by atoms with Gasteiger partial charge in [-0.1, -0.05) is 0 Å². The van der Waals surface area contributed by atoms with Crippen molar-refractivity contribution in [2.75, 3.05) is 6.54 Å². The van der Waals surface area contributed by atoms with Gasteiger partial charge in [0.15, 0.2) is 5.52 Å². The van der Waals surface area contributed by atoms with Crippen molar-refractivity contribution in [3.8, 4) is 0 Å². The van der Waals surface area contributed by atoms with Gasteiger partial charge >= 0.3 is 6.09 Å². The van der Waals surface area contributed by atoms with Gasteiger partial charge in [0.2, 0.25) is 0 Å². The third-order valence-electron chi connectivity index (χ3n) is 5.39. The zero-order valence-electron chi connectivity index (χ0n) is 18.8. The third-order valence-corrected chi connectivity index (χ3v) is 5.39. The lowest BCUT2D eigenvalue weighted by molar-refractivity contribution is -0.0368. The molecule has 0 aromatic carbocycles. The van der Waals surface area contributed by atoms with Crippen molar-refractivity contribution >= 4 is 17.1 Å². The fourth-order valence-corrected chi connectivity index (χ4v) is 4.04.